The van der Waals surface area contributed by atoms with Gasteiger partial charge in [0.05, 0.1) is 5.69 Å². The molecule has 52 heavy (non-hydrogen) atoms. The molecule has 0 bridgehead atoms. The van der Waals surface area contributed by atoms with E-state index in [9.17, 15) is 5.11 Å². The zero-order chi connectivity index (χ0) is 34.3. The molecule has 0 amide bonds. The number of phenolic OH excluding ortho intramolecular Hbond substituents is 1. The van der Waals surface area contributed by atoms with E-state index in [1.807, 2.05) is 110 Å². The van der Waals surface area contributed by atoms with Gasteiger partial charge in [0.15, 0.2) is 0 Å². The topological polar surface area (TPSA) is 59.2 Å². The summed E-state index contributed by atoms with van der Waals surface area (Å²) in [5, 5.41) is 13.5. The van der Waals surface area contributed by atoms with Gasteiger partial charge in [0.1, 0.15) is 16.9 Å². The van der Waals surface area contributed by atoms with E-state index < -0.39 is 0 Å². The molecule has 3 aromatic heterocycles. The van der Waals surface area contributed by atoms with Gasteiger partial charge >= 0.3 is 0 Å². The van der Waals surface area contributed by atoms with E-state index in [2.05, 4.69) is 60.7 Å². The van der Waals surface area contributed by atoms with Crippen LogP contribution in [0.15, 0.2) is 168 Å². The van der Waals surface area contributed by atoms with Crippen molar-refractivity contribution < 1.29 is 30.6 Å². The van der Waals surface area contributed by atoms with Crippen molar-refractivity contribution >= 4 is 21.9 Å². The van der Waals surface area contributed by atoms with Crippen molar-refractivity contribution in [3.63, 3.8) is 0 Å². The molecular weight excluding hydrogens is 820 g/mol. The molecule has 0 atom stereocenters. The molecule has 9 aromatic rings. The SMILES string of the molecule is Cc1cc(-c2cccc3c2oc2ccccc23)cc(-c2[c-]c(-c3cc(-c4ccccc4)cc(-c4ccc(-c5ccccc5)cc4O)n3)ccc2)n1.[Pt]. The van der Waals surface area contributed by atoms with Crippen LogP contribution in [0.1, 0.15) is 5.69 Å². The van der Waals surface area contributed by atoms with Gasteiger partial charge in [-0.05, 0) is 65.1 Å². The van der Waals surface area contributed by atoms with Crippen LogP contribution in [0.25, 0.3) is 89.1 Å². The van der Waals surface area contributed by atoms with E-state index in [1.54, 1.807) is 6.07 Å². The largest absolute Gasteiger partial charge is 0.507 e. The van der Waals surface area contributed by atoms with E-state index >= 15 is 0 Å². The van der Waals surface area contributed by atoms with Crippen LogP contribution >= 0.6 is 0 Å². The van der Waals surface area contributed by atoms with E-state index in [0.29, 0.717) is 11.3 Å². The molecule has 1 N–H and O–H groups in total. The Kier molecular flexibility index (Phi) is 8.84. The Labute approximate surface area is 316 Å². The molecule has 5 heteroatoms. The van der Waals surface area contributed by atoms with Crippen LogP contribution in [0.4, 0.5) is 0 Å². The van der Waals surface area contributed by atoms with Gasteiger partial charge in [-0.3, -0.25) is 9.97 Å². The molecular formula is C47H31N2O2Pt-. The first kappa shape index (κ1) is 33.1. The van der Waals surface area contributed by atoms with E-state index in [0.717, 1.165) is 83.5 Å². The van der Waals surface area contributed by atoms with Gasteiger partial charge in [-0.1, -0.05) is 126 Å². The molecule has 0 radical (unpaired) electrons. The summed E-state index contributed by atoms with van der Waals surface area (Å²) in [6, 6.07) is 58.6. The van der Waals surface area contributed by atoms with E-state index in [-0.39, 0.29) is 26.8 Å². The maximum atomic E-state index is 11.3. The smallest absolute Gasteiger partial charge is 0.143 e. The van der Waals surface area contributed by atoms with Gasteiger partial charge in [0.2, 0.25) is 0 Å². The van der Waals surface area contributed by atoms with E-state index in [4.69, 9.17) is 14.4 Å². The van der Waals surface area contributed by atoms with Crippen molar-refractivity contribution in [1.29, 1.82) is 0 Å². The average Bonchev–Trinajstić information content (AvgIpc) is 3.57. The van der Waals surface area contributed by atoms with Crippen LogP contribution in [0.5, 0.6) is 5.75 Å². The van der Waals surface area contributed by atoms with Gasteiger partial charge in [0.25, 0.3) is 0 Å². The molecule has 0 fully saturated rings. The Morgan fingerprint density at radius 2 is 1.10 bits per heavy atom. The number of phenols is 1. The van der Waals surface area contributed by atoms with Crippen LogP contribution in [-0.2, 0) is 21.1 Å². The fourth-order valence-corrected chi connectivity index (χ4v) is 6.87. The molecule has 6 aromatic carbocycles. The maximum absolute atomic E-state index is 11.3. The monoisotopic (exact) mass is 850 g/mol. The third-order valence-electron chi connectivity index (χ3n) is 9.33. The number of aromatic hydroxyl groups is 1. The molecule has 0 aliphatic carbocycles. The number of rotatable bonds is 6. The summed E-state index contributed by atoms with van der Waals surface area (Å²) in [6.07, 6.45) is 0. The molecule has 252 valence electrons. The standard InChI is InChI=1S/C47H31N2O2.Pt/c1-30-24-37(38-19-11-20-40-39-18-8-9-21-46(39)51-47(38)40)28-42(48-30)34-16-10-17-35(25-34)43-26-36(32-14-6-3-7-15-32)27-44(49-43)41-23-22-33(29-45(41)50)31-12-4-2-5-13-31;/h2-24,26-29,50H,1H3;/q-1;. The summed E-state index contributed by atoms with van der Waals surface area (Å²) in [7, 11) is 0. The van der Waals surface area contributed by atoms with Gasteiger partial charge in [-0.2, -0.15) is 0 Å². The molecule has 4 nitrogen and oxygen atoms in total. The predicted molar refractivity (Wildman–Crippen MR) is 207 cm³/mol. The Morgan fingerprint density at radius 1 is 0.481 bits per heavy atom. The van der Waals surface area contributed by atoms with Crippen molar-refractivity contribution in [2.24, 2.45) is 0 Å². The van der Waals surface area contributed by atoms with Crippen molar-refractivity contribution in [2.45, 2.75) is 6.92 Å². The number of furan rings is 1. The molecule has 0 saturated carbocycles. The minimum Gasteiger partial charge on any atom is -0.507 e. The van der Waals surface area contributed by atoms with Crippen molar-refractivity contribution in [1.82, 2.24) is 9.97 Å². The number of pyridine rings is 2. The Balaban J connectivity index is 0.00000387. The first-order valence-electron chi connectivity index (χ1n) is 17.0. The molecule has 3 heterocycles. The third kappa shape index (κ3) is 6.23. The summed E-state index contributed by atoms with van der Waals surface area (Å²) in [6.45, 7) is 2.02. The van der Waals surface area contributed by atoms with Crippen molar-refractivity contribution in [3.05, 3.63) is 176 Å². The summed E-state index contributed by atoms with van der Waals surface area (Å²) in [4.78, 5) is 10.1. The Bertz CT molecular complexity index is 2720. The number of benzene rings is 6. The zero-order valence-electron chi connectivity index (χ0n) is 28.2. The van der Waals surface area contributed by atoms with Crippen molar-refractivity contribution in [3.8, 4) is 72.9 Å². The Hall–Kier alpha value is -6.09. The average molecular weight is 851 g/mol. The van der Waals surface area contributed by atoms with Crippen LogP contribution in [0, 0.1) is 13.0 Å². The predicted octanol–water partition coefficient (Wildman–Crippen LogP) is 12.2. The first-order valence-corrected chi connectivity index (χ1v) is 17.0. The minimum absolute atomic E-state index is 0. The van der Waals surface area contributed by atoms with Crippen LogP contribution in [-0.4, -0.2) is 15.1 Å². The second-order valence-electron chi connectivity index (χ2n) is 12.7. The molecule has 0 spiro atoms. The molecule has 0 aliphatic heterocycles. The summed E-state index contributed by atoms with van der Waals surface area (Å²) < 4.78 is 6.38. The number of aromatic nitrogens is 2. The van der Waals surface area contributed by atoms with Gasteiger partial charge in [-0.15, -0.1) is 24.3 Å². The second kappa shape index (κ2) is 13.9. The zero-order valence-corrected chi connectivity index (χ0v) is 30.4. The van der Waals surface area contributed by atoms with Crippen LogP contribution < -0.4 is 0 Å². The minimum atomic E-state index is 0. The maximum Gasteiger partial charge on any atom is 0.143 e. The number of hydrogen-bond donors (Lipinski definition) is 1. The molecule has 0 saturated heterocycles. The number of aryl methyl sites for hydroxylation is 1. The Morgan fingerprint density at radius 3 is 1.85 bits per heavy atom. The number of fused-ring (bicyclic) bond motifs is 3. The number of hydrogen-bond acceptors (Lipinski definition) is 4. The first-order chi connectivity index (χ1) is 25.1. The van der Waals surface area contributed by atoms with Crippen molar-refractivity contribution in [2.75, 3.05) is 0 Å². The van der Waals surface area contributed by atoms with Gasteiger partial charge < -0.3 is 9.52 Å². The van der Waals surface area contributed by atoms with Gasteiger partial charge in [-0.25, -0.2) is 0 Å². The summed E-state index contributed by atoms with van der Waals surface area (Å²) in [5.41, 5.74) is 13.3. The molecule has 9 rings (SSSR count). The third-order valence-corrected chi connectivity index (χ3v) is 9.33. The fourth-order valence-electron chi connectivity index (χ4n) is 6.87. The van der Waals surface area contributed by atoms with E-state index in [1.165, 1.54) is 0 Å². The number of nitrogens with zero attached hydrogens (tertiary/aromatic N) is 2. The number of para-hydroxylation sites is 2. The van der Waals surface area contributed by atoms with Crippen LogP contribution in [0.2, 0.25) is 0 Å². The normalized spacial score (nSPS) is 11.1. The summed E-state index contributed by atoms with van der Waals surface area (Å²) in [5.74, 6) is 0.175. The fraction of sp³-hybridized carbons (Fsp3) is 0.0213. The molecule has 0 aliphatic rings. The summed E-state index contributed by atoms with van der Waals surface area (Å²) >= 11 is 0. The van der Waals surface area contributed by atoms with Gasteiger partial charge in [0, 0.05) is 60.0 Å². The van der Waals surface area contributed by atoms with Crippen LogP contribution in [0.3, 0.4) is 0 Å². The second-order valence-corrected chi connectivity index (χ2v) is 12.7. The quantitative estimate of drug-likeness (QED) is 0.169. The molecule has 0 unspecified atom stereocenters.